The average Bonchev–Trinajstić information content (AvgIpc) is 2.29. The predicted molar refractivity (Wildman–Crippen MR) is 74.6 cm³/mol. The molecule has 0 atom stereocenters. The molecular weight excluding hydrogens is 297 g/mol. The minimum Gasteiger partial charge on any atom is -0.335 e. The normalized spacial score (nSPS) is 10.1. The molecule has 2 nitrogen and oxygen atoms in total. The second-order valence-electron chi connectivity index (χ2n) is 4.31. The fourth-order valence-corrected chi connectivity index (χ4v) is 1.96. The van der Waals surface area contributed by atoms with E-state index in [0.717, 1.165) is 10.0 Å². The monoisotopic (exact) mass is 313 g/mol. The van der Waals surface area contributed by atoms with Crippen molar-refractivity contribution in [3.63, 3.8) is 0 Å². The Labute approximate surface area is 116 Å². The first-order chi connectivity index (χ1) is 8.43. The Morgan fingerprint density at radius 2 is 2.11 bits per heavy atom. The first-order valence-electron chi connectivity index (χ1n) is 5.81. The summed E-state index contributed by atoms with van der Waals surface area (Å²) in [5, 5.41) is 0. The molecule has 0 spiro atoms. The molecule has 0 saturated heterocycles. The minimum absolute atomic E-state index is 0.0862. The number of hydrogen-bond donors (Lipinski definition) is 0. The summed E-state index contributed by atoms with van der Waals surface area (Å²) < 4.78 is 14.4. The number of allylic oxidation sites excluding steroid dienone is 1. The number of carbonyl (C=O) groups is 1. The smallest absolute Gasteiger partial charge is 0.246 e. The van der Waals surface area contributed by atoms with E-state index in [-0.39, 0.29) is 18.3 Å². The van der Waals surface area contributed by atoms with E-state index in [4.69, 9.17) is 0 Å². The van der Waals surface area contributed by atoms with Crippen LogP contribution in [0.4, 0.5) is 4.39 Å². The summed E-state index contributed by atoms with van der Waals surface area (Å²) in [4.78, 5) is 13.5. The highest BCUT2D eigenvalue weighted by Gasteiger charge is 2.12. The van der Waals surface area contributed by atoms with Crippen LogP contribution in [0.5, 0.6) is 0 Å². The van der Waals surface area contributed by atoms with Crippen LogP contribution in [0.15, 0.2) is 34.3 Å². The maximum absolute atomic E-state index is 13.6. The third-order valence-electron chi connectivity index (χ3n) is 2.47. The van der Waals surface area contributed by atoms with Gasteiger partial charge in [0.05, 0.1) is 0 Å². The molecule has 1 aromatic carbocycles. The molecular formula is C14H17BrFNO. The Hall–Kier alpha value is -1.16. The van der Waals surface area contributed by atoms with Crippen molar-refractivity contribution in [1.29, 1.82) is 0 Å². The number of rotatable bonds is 4. The van der Waals surface area contributed by atoms with Gasteiger partial charge in [0.25, 0.3) is 0 Å². The maximum atomic E-state index is 13.6. The van der Waals surface area contributed by atoms with Crippen LogP contribution in [0.1, 0.15) is 26.3 Å². The first-order valence-corrected chi connectivity index (χ1v) is 6.61. The second-order valence-corrected chi connectivity index (χ2v) is 5.23. The van der Waals surface area contributed by atoms with Crippen LogP contribution >= 0.6 is 15.9 Å². The van der Waals surface area contributed by atoms with E-state index in [9.17, 15) is 9.18 Å². The van der Waals surface area contributed by atoms with Crippen LogP contribution in [0.3, 0.4) is 0 Å². The van der Waals surface area contributed by atoms with Gasteiger partial charge in [0.15, 0.2) is 0 Å². The van der Waals surface area contributed by atoms with Crippen molar-refractivity contribution in [3.05, 3.63) is 45.7 Å². The van der Waals surface area contributed by atoms with Gasteiger partial charge >= 0.3 is 0 Å². The average molecular weight is 314 g/mol. The molecule has 98 valence electrons. The van der Waals surface area contributed by atoms with E-state index in [1.807, 2.05) is 20.8 Å². The van der Waals surface area contributed by atoms with E-state index >= 15 is 0 Å². The SMILES string of the molecule is CCN(Cc1cc(Br)ccc1F)C(=O)C=C(C)C. The molecule has 1 aromatic rings. The molecule has 4 heteroatoms. The molecule has 1 amide bonds. The Kier molecular flexibility index (Phi) is 5.54. The molecule has 0 aliphatic rings. The van der Waals surface area contributed by atoms with Crippen molar-refractivity contribution in [2.75, 3.05) is 6.54 Å². The number of carbonyl (C=O) groups excluding carboxylic acids is 1. The van der Waals surface area contributed by atoms with Gasteiger partial charge in [-0.15, -0.1) is 0 Å². The third kappa shape index (κ3) is 4.26. The molecule has 0 N–H and O–H groups in total. The van der Waals surface area contributed by atoms with E-state index in [2.05, 4.69) is 15.9 Å². The van der Waals surface area contributed by atoms with E-state index < -0.39 is 0 Å². The summed E-state index contributed by atoms with van der Waals surface area (Å²) in [5.41, 5.74) is 1.45. The Morgan fingerprint density at radius 1 is 1.44 bits per heavy atom. The van der Waals surface area contributed by atoms with E-state index in [1.54, 1.807) is 23.1 Å². The van der Waals surface area contributed by atoms with Gasteiger partial charge in [0, 0.05) is 29.2 Å². The molecule has 0 fully saturated rings. The zero-order chi connectivity index (χ0) is 13.7. The summed E-state index contributed by atoms with van der Waals surface area (Å²) >= 11 is 3.30. The highest BCUT2D eigenvalue weighted by atomic mass is 79.9. The largest absolute Gasteiger partial charge is 0.335 e. The lowest BCUT2D eigenvalue weighted by Crippen LogP contribution is -2.29. The summed E-state index contributed by atoms with van der Waals surface area (Å²) in [6, 6.07) is 4.75. The standard InChI is InChI=1S/C14H17BrFNO/c1-4-17(14(18)7-10(2)3)9-11-8-12(15)5-6-13(11)16/h5-8H,4,9H2,1-3H3. The molecule has 0 aliphatic carbocycles. The van der Waals surface area contributed by atoms with Crippen LogP contribution in [0.25, 0.3) is 0 Å². The summed E-state index contributed by atoms with van der Waals surface area (Å²) in [5.74, 6) is -0.376. The zero-order valence-corrected chi connectivity index (χ0v) is 12.4. The molecule has 0 aliphatic heterocycles. The molecule has 1 rings (SSSR count). The van der Waals surface area contributed by atoms with Gasteiger partial charge in [-0.05, 0) is 39.0 Å². The molecule has 0 bridgehead atoms. The highest BCUT2D eigenvalue weighted by Crippen LogP contribution is 2.17. The Bertz CT molecular complexity index is 467. The van der Waals surface area contributed by atoms with Gasteiger partial charge in [-0.3, -0.25) is 4.79 Å². The van der Waals surface area contributed by atoms with Crippen LogP contribution in [-0.2, 0) is 11.3 Å². The van der Waals surface area contributed by atoms with Gasteiger partial charge in [-0.25, -0.2) is 4.39 Å². The van der Waals surface area contributed by atoms with Crippen molar-refractivity contribution in [2.24, 2.45) is 0 Å². The predicted octanol–water partition coefficient (Wildman–Crippen LogP) is 3.90. The third-order valence-corrected chi connectivity index (χ3v) is 2.97. The molecule has 0 unspecified atom stereocenters. The van der Waals surface area contributed by atoms with Crippen molar-refractivity contribution >= 4 is 21.8 Å². The number of likely N-dealkylation sites (N-methyl/N-ethyl adjacent to an activating group) is 1. The van der Waals surface area contributed by atoms with Crippen molar-refractivity contribution < 1.29 is 9.18 Å². The van der Waals surface area contributed by atoms with Crippen LogP contribution in [-0.4, -0.2) is 17.4 Å². The molecule has 18 heavy (non-hydrogen) atoms. The first kappa shape index (κ1) is 14.9. The number of hydrogen-bond acceptors (Lipinski definition) is 1. The number of amides is 1. The zero-order valence-electron chi connectivity index (χ0n) is 10.8. The molecule has 0 saturated carbocycles. The van der Waals surface area contributed by atoms with E-state index in [1.165, 1.54) is 6.07 Å². The minimum atomic E-state index is -0.290. The topological polar surface area (TPSA) is 20.3 Å². The number of benzene rings is 1. The number of nitrogens with zero attached hydrogens (tertiary/aromatic N) is 1. The Morgan fingerprint density at radius 3 is 2.67 bits per heavy atom. The van der Waals surface area contributed by atoms with Gasteiger partial charge in [0.2, 0.25) is 5.91 Å². The van der Waals surface area contributed by atoms with Gasteiger partial charge < -0.3 is 4.90 Å². The van der Waals surface area contributed by atoms with Crippen molar-refractivity contribution in [3.8, 4) is 0 Å². The van der Waals surface area contributed by atoms with Crippen LogP contribution in [0, 0.1) is 5.82 Å². The lowest BCUT2D eigenvalue weighted by atomic mass is 10.2. The lowest BCUT2D eigenvalue weighted by molar-refractivity contribution is -0.126. The summed E-state index contributed by atoms with van der Waals surface area (Å²) in [7, 11) is 0. The fraction of sp³-hybridized carbons (Fsp3) is 0.357. The van der Waals surface area contributed by atoms with Crippen LogP contribution in [0.2, 0.25) is 0 Å². The summed E-state index contributed by atoms with van der Waals surface area (Å²) in [6.07, 6.45) is 1.57. The fourth-order valence-electron chi connectivity index (χ4n) is 1.55. The van der Waals surface area contributed by atoms with Gasteiger partial charge in [-0.2, -0.15) is 0 Å². The molecule has 0 aromatic heterocycles. The lowest BCUT2D eigenvalue weighted by Gasteiger charge is -2.20. The summed E-state index contributed by atoms with van der Waals surface area (Å²) in [6.45, 7) is 6.45. The van der Waals surface area contributed by atoms with Crippen LogP contribution < -0.4 is 0 Å². The Balaban J connectivity index is 2.89. The van der Waals surface area contributed by atoms with Gasteiger partial charge in [-0.1, -0.05) is 21.5 Å². The quantitative estimate of drug-likeness (QED) is 0.772. The molecule has 0 heterocycles. The van der Waals surface area contributed by atoms with Crippen molar-refractivity contribution in [2.45, 2.75) is 27.3 Å². The molecule has 0 radical (unpaired) electrons. The van der Waals surface area contributed by atoms with Gasteiger partial charge in [0.1, 0.15) is 5.82 Å². The maximum Gasteiger partial charge on any atom is 0.246 e. The van der Waals surface area contributed by atoms with Crippen molar-refractivity contribution in [1.82, 2.24) is 4.90 Å². The highest BCUT2D eigenvalue weighted by molar-refractivity contribution is 9.10. The number of halogens is 2. The van der Waals surface area contributed by atoms with E-state index in [0.29, 0.717) is 12.1 Å². The second kappa shape index (κ2) is 6.69.